The SMILES string of the molecule is CC(=O)Oc1ccc(C(=O)c2cc(CCCC(=O)O)n3ccccc23)cc1. The predicted octanol–water partition coefficient (Wildman–Crippen LogP) is 3.50. The van der Waals surface area contributed by atoms with Gasteiger partial charge in [0.2, 0.25) is 0 Å². The summed E-state index contributed by atoms with van der Waals surface area (Å²) in [6.07, 6.45) is 3.02. The first-order valence-corrected chi connectivity index (χ1v) is 8.59. The summed E-state index contributed by atoms with van der Waals surface area (Å²) in [5.41, 5.74) is 2.71. The van der Waals surface area contributed by atoms with Crippen molar-refractivity contribution >= 4 is 23.2 Å². The molecule has 6 nitrogen and oxygen atoms in total. The van der Waals surface area contributed by atoms with E-state index in [-0.39, 0.29) is 12.2 Å². The summed E-state index contributed by atoms with van der Waals surface area (Å²) in [5, 5.41) is 8.83. The normalized spacial score (nSPS) is 10.7. The topological polar surface area (TPSA) is 85.1 Å². The zero-order valence-corrected chi connectivity index (χ0v) is 14.8. The molecule has 138 valence electrons. The molecule has 0 aliphatic carbocycles. The molecule has 0 fully saturated rings. The zero-order valence-electron chi connectivity index (χ0n) is 14.8. The molecule has 2 heterocycles. The second-order valence-electron chi connectivity index (χ2n) is 6.20. The second kappa shape index (κ2) is 7.86. The molecule has 0 amide bonds. The lowest BCUT2D eigenvalue weighted by Gasteiger charge is -2.03. The lowest BCUT2D eigenvalue weighted by Crippen LogP contribution is -2.03. The number of aliphatic carboxylic acids is 1. The van der Waals surface area contributed by atoms with Crippen molar-refractivity contribution in [1.82, 2.24) is 4.40 Å². The molecular weight excluding hydrogens is 346 g/mol. The fraction of sp³-hybridized carbons (Fsp3) is 0.190. The van der Waals surface area contributed by atoms with Gasteiger partial charge in [-0.1, -0.05) is 6.07 Å². The Kier molecular flexibility index (Phi) is 5.35. The Morgan fingerprint density at radius 2 is 1.81 bits per heavy atom. The summed E-state index contributed by atoms with van der Waals surface area (Å²) in [6, 6.07) is 13.8. The number of hydrogen-bond donors (Lipinski definition) is 1. The number of fused-ring (bicyclic) bond motifs is 1. The maximum Gasteiger partial charge on any atom is 0.308 e. The minimum absolute atomic E-state index is 0.0843. The minimum Gasteiger partial charge on any atom is -0.481 e. The maximum atomic E-state index is 13.0. The van der Waals surface area contributed by atoms with Crippen molar-refractivity contribution in [1.29, 1.82) is 0 Å². The molecule has 1 N–H and O–H groups in total. The van der Waals surface area contributed by atoms with Gasteiger partial charge in [-0.05, 0) is 55.3 Å². The summed E-state index contributed by atoms with van der Waals surface area (Å²) in [5.74, 6) is -1.01. The number of benzene rings is 1. The monoisotopic (exact) mass is 365 g/mol. The molecular formula is C21H19NO5. The molecule has 0 aliphatic rings. The van der Waals surface area contributed by atoms with E-state index in [1.54, 1.807) is 24.3 Å². The van der Waals surface area contributed by atoms with Crippen LogP contribution in [0.15, 0.2) is 54.7 Å². The van der Waals surface area contributed by atoms with Crippen LogP contribution in [0, 0.1) is 0 Å². The number of carbonyl (C=O) groups excluding carboxylic acids is 2. The van der Waals surface area contributed by atoms with Crippen LogP contribution in [0.3, 0.4) is 0 Å². The highest BCUT2D eigenvalue weighted by atomic mass is 16.5. The van der Waals surface area contributed by atoms with Gasteiger partial charge in [0, 0.05) is 36.4 Å². The van der Waals surface area contributed by atoms with Crippen molar-refractivity contribution in [3.05, 3.63) is 71.5 Å². The average Bonchev–Trinajstić information content (AvgIpc) is 3.00. The summed E-state index contributed by atoms with van der Waals surface area (Å²) in [7, 11) is 0. The third-order valence-electron chi connectivity index (χ3n) is 4.20. The molecule has 3 rings (SSSR count). The third kappa shape index (κ3) is 4.23. The van der Waals surface area contributed by atoms with Crippen molar-refractivity contribution < 1.29 is 24.2 Å². The number of carbonyl (C=O) groups is 3. The van der Waals surface area contributed by atoms with E-state index < -0.39 is 11.9 Å². The quantitative estimate of drug-likeness (QED) is 0.393. The Balaban J connectivity index is 1.90. The van der Waals surface area contributed by atoms with Crippen molar-refractivity contribution in [2.75, 3.05) is 0 Å². The van der Waals surface area contributed by atoms with Gasteiger partial charge in [-0.25, -0.2) is 0 Å². The highest BCUT2D eigenvalue weighted by Gasteiger charge is 2.17. The number of nitrogens with zero attached hydrogens (tertiary/aromatic N) is 1. The predicted molar refractivity (Wildman–Crippen MR) is 99.2 cm³/mol. The Labute approximate surface area is 156 Å². The fourth-order valence-electron chi connectivity index (χ4n) is 3.01. The first-order chi connectivity index (χ1) is 13.0. The molecule has 0 atom stereocenters. The Morgan fingerprint density at radius 3 is 2.48 bits per heavy atom. The number of hydrogen-bond acceptors (Lipinski definition) is 4. The van der Waals surface area contributed by atoms with E-state index in [4.69, 9.17) is 9.84 Å². The first-order valence-electron chi connectivity index (χ1n) is 8.59. The molecule has 0 spiro atoms. The van der Waals surface area contributed by atoms with E-state index in [1.807, 2.05) is 34.9 Å². The van der Waals surface area contributed by atoms with Gasteiger partial charge in [0.1, 0.15) is 5.75 Å². The lowest BCUT2D eigenvalue weighted by molar-refractivity contribution is -0.137. The van der Waals surface area contributed by atoms with E-state index in [2.05, 4.69) is 0 Å². The van der Waals surface area contributed by atoms with E-state index in [0.717, 1.165) is 11.2 Å². The smallest absolute Gasteiger partial charge is 0.308 e. The van der Waals surface area contributed by atoms with Gasteiger partial charge in [0.25, 0.3) is 0 Å². The maximum absolute atomic E-state index is 13.0. The third-order valence-corrected chi connectivity index (χ3v) is 4.20. The molecule has 0 aliphatic heterocycles. The van der Waals surface area contributed by atoms with Crippen molar-refractivity contribution in [2.24, 2.45) is 0 Å². The molecule has 2 aromatic heterocycles. The van der Waals surface area contributed by atoms with Gasteiger partial charge in [0.15, 0.2) is 5.78 Å². The van der Waals surface area contributed by atoms with Gasteiger partial charge >= 0.3 is 11.9 Å². The van der Waals surface area contributed by atoms with Crippen LogP contribution in [0.4, 0.5) is 0 Å². The number of aromatic nitrogens is 1. The van der Waals surface area contributed by atoms with Crippen LogP contribution in [-0.2, 0) is 16.0 Å². The first kappa shape index (κ1) is 18.4. The standard InChI is InChI=1S/C21H19NO5/c1-14(23)27-17-10-8-15(9-11-17)21(26)18-13-16(5-4-7-20(24)25)22-12-3-2-6-19(18)22/h2-3,6,8-13H,4-5,7H2,1H3,(H,24,25). The summed E-state index contributed by atoms with van der Waals surface area (Å²) < 4.78 is 6.91. The van der Waals surface area contributed by atoms with Gasteiger partial charge in [-0.3, -0.25) is 14.4 Å². The molecule has 0 unspecified atom stereocenters. The molecule has 1 aromatic carbocycles. The fourth-order valence-corrected chi connectivity index (χ4v) is 3.01. The van der Waals surface area contributed by atoms with E-state index in [9.17, 15) is 14.4 Å². The molecule has 0 saturated heterocycles. The number of carboxylic acid groups (broad SMARTS) is 1. The highest BCUT2D eigenvalue weighted by Crippen LogP contribution is 2.23. The average molecular weight is 365 g/mol. The second-order valence-corrected chi connectivity index (χ2v) is 6.20. The largest absolute Gasteiger partial charge is 0.481 e. The number of esters is 1. The van der Waals surface area contributed by atoms with Crippen LogP contribution in [0.1, 0.15) is 41.4 Å². The lowest BCUT2D eigenvalue weighted by atomic mass is 10.0. The molecule has 0 radical (unpaired) electrons. The number of ether oxygens (including phenoxy) is 1. The van der Waals surface area contributed by atoms with Crippen molar-refractivity contribution in [3.8, 4) is 5.75 Å². The van der Waals surface area contributed by atoms with Crippen molar-refractivity contribution in [3.63, 3.8) is 0 Å². The van der Waals surface area contributed by atoms with Gasteiger partial charge < -0.3 is 14.2 Å². The van der Waals surface area contributed by atoms with Crippen LogP contribution in [0.5, 0.6) is 5.75 Å². The van der Waals surface area contributed by atoms with E-state index >= 15 is 0 Å². The van der Waals surface area contributed by atoms with Gasteiger partial charge in [0.05, 0.1) is 5.52 Å². The summed E-state index contributed by atoms with van der Waals surface area (Å²) in [4.78, 5) is 34.7. The van der Waals surface area contributed by atoms with Crippen LogP contribution in [0.25, 0.3) is 5.52 Å². The van der Waals surface area contributed by atoms with E-state index in [1.165, 1.54) is 6.92 Å². The zero-order chi connectivity index (χ0) is 19.4. The summed E-state index contributed by atoms with van der Waals surface area (Å²) >= 11 is 0. The molecule has 6 heteroatoms. The molecule has 3 aromatic rings. The highest BCUT2D eigenvalue weighted by molar-refractivity contribution is 6.13. The van der Waals surface area contributed by atoms with Gasteiger partial charge in [-0.15, -0.1) is 0 Å². The van der Waals surface area contributed by atoms with Crippen LogP contribution < -0.4 is 4.74 Å². The Morgan fingerprint density at radius 1 is 1.07 bits per heavy atom. The number of aryl methyl sites for hydroxylation is 1. The van der Waals surface area contributed by atoms with Gasteiger partial charge in [-0.2, -0.15) is 0 Å². The summed E-state index contributed by atoms with van der Waals surface area (Å²) in [6.45, 7) is 1.32. The van der Waals surface area contributed by atoms with Crippen LogP contribution >= 0.6 is 0 Å². The Hall–Kier alpha value is -3.41. The molecule has 0 bridgehead atoms. The molecule has 0 saturated carbocycles. The number of carboxylic acids is 1. The van der Waals surface area contributed by atoms with E-state index in [0.29, 0.717) is 29.7 Å². The van der Waals surface area contributed by atoms with Crippen molar-refractivity contribution in [2.45, 2.75) is 26.2 Å². The number of ketones is 1. The number of rotatable bonds is 7. The van der Waals surface area contributed by atoms with Crippen LogP contribution in [-0.4, -0.2) is 27.2 Å². The Bertz CT molecular complexity index is 1000. The van der Waals surface area contributed by atoms with Crippen LogP contribution in [0.2, 0.25) is 0 Å². The minimum atomic E-state index is -0.833. The number of pyridine rings is 1. The molecule has 27 heavy (non-hydrogen) atoms.